The van der Waals surface area contributed by atoms with E-state index in [4.69, 9.17) is 9.84 Å². The van der Waals surface area contributed by atoms with Crippen molar-refractivity contribution >= 4 is 0 Å². The predicted molar refractivity (Wildman–Crippen MR) is 123 cm³/mol. The van der Waals surface area contributed by atoms with E-state index in [0.717, 1.165) is 25.3 Å². The molecular weight excluding hydrogens is 358 g/mol. The second-order valence-electron chi connectivity index (χ2n) is 10.4. The van der Waals surface area contributed by atoms with E-state index in [9.17, 15) is 0 Å². The van der Waals surface area contributed by atoms with E-state index in [1.54, 1.807) is 0 Å². The number of ether oxygens (including phenoxy) is 1. The van der Waals surface area contributed by atoms with Crippen molar-refractivity contribution in [2.45, 2.75) is 78.2 Å². The molecule has 0 unspecified atom stereocenters. The fourth-order valence-corrected chi connectivity index (χ4v) is 3.45. The third-order valence-electron chi connectivity index (χ3n) is 5.53. The van der Waals surface area contributed by atoms with Gasteiger partial charge in [0.05, 0.1) is 5.69 Å². The van der Waals surface area contributed by atoms with Crippen LogP contribution < -0.4 is 4.74 Å². The van der Waals surface area contributed by atoms with Gasteiger partial charge < -0.3 is 9.64 Å². The summed E-state index contributed by atoms with van der Waals surface area (Å²) in [4.78, 5) is 2.13. The summed E-state index contributed by atoms with van der Waals surface area (Å²) in [5, 5.41) is 4.93. The monoisotopic (exact) mass is 399 g/mol. The third-order valence-corrected chi connectivity index (χ3v) is 5.53. The topological polar surface area (TPSA) is 30.3 Å². The molecule has 162 valence electrons. The van der Waals surface area contributed by atoms with Crippen molar-refractivity contribution in [3.05, 3.63) is 47.3 Å². The van der Waals surface area contributed by atoms with Gasteiger partial charge in [-0.15, -0.1) is 0 Å². The summed E-state index contributed by atoms with van der Waals surface area (Å²) >= 11 is 0. The normalized spacial score (nSPS) is 12.8. The molecule has 4 nitrogen and oxygen atoms in total. The molecule has 0 aliphatic heterocycles. The molecule has 0 fully saturated rings. The van der Waals surface area contributed by atoms with Crippen LogP contribution in [0.3, 0.4) is 0 Å². The molecule has 1 aromatic carbocycles. The van der Waals surface area contributed by atoms with Gasteiger partial charge in [-0.1, -0.05) is 60.6 Å². The van der Waals surface area contributed by atoms with Crippen molar-refractivity contribution in [3.8, 4) is 5.75 Å². The van der Waals surface area contributed by atoms with E-state index >= 15 is 0 Å². The lowest BCUT2D eigenvalue weighted by molar-refractivity contribution is 0.260. The van der Waals surface area contributed by atoms with E-state index in [1.807, 2.05) is 6.07 Å². The first kappa shape index (κ1) is 23.5. The van der Waals surface area contributed by atoms with Crippen molar-refractivity contribution in [1.29, 1.82) is 0 Å². The van der Waals surface area contributed by atoms with Crippen molar-refractivity contribution in [3.63, 3.8) is 0 Å². The van der Waals surface area contributed by atoms with Crippen LogP contribution in [0.5, 0.6) is 5.75 Å². The summed E-state index contributed by atoms with van der Waals surface area (Å²) in [5.41, 5.74) is 4.07. The second kappa shape index (κ2) is 9.34. The van der Waals surface area contributed by atoms with Crippen LogP contribution in [-0.4, -0.2) is 41.9 Å². The number of likely N-dealkylation sites (N-methyl/N-ethyl adjacent to an activating group) is 1. The van der Waals surface area contributed by atoms with E-state index in [-0.39, 0.29) is 10.8 Å². The molecule has 0 aliphatic rings. The molecule has 4 heteroatoms. The molecule has 0 radical (unpaired) electrons. The number of hydrogen-bond donors (Lipinski definition) is 0. The van der Waals surface area contributed by atoms with Gasteiger partial charge in [-0.2, -0.15) is 5.10 Å². The Labute approximate surface area is 178 Å². The minimum absolute atomic E-state index is 0.0484. The maximum Gasteiger partial charge on any atom is 0.119 e. The summed E-state index contributed by atoms with van der Waals surface area (Å²) in [5.74, 6) is 1.39. The molecule has 0 saturated carbocycles. The van der Waals surface area contributed by atoms with Crippen LogP contribution in [0.2, 0.25) is 0 Å². The Balaban J connectivity index is 2.10. The van der Waals surface area contributed by atoms with Crippen molar-refractivity contribution < 1.29 is 4.74 Å². The number of benzene rings is 1. The van der Waals surface area contributed by atoms with Gasteiger partial charge >= 0.3 is 0 Å². The molecule has 0 N–H and O–H groups in total. The Bertz CT molecular complexity index is 782. The summed E-state index contributed by atoms with van der Waals surface area (Å²) in [6.07, 6.45) is 3.28. The van der Waals surface area contributed by atoms with Gasteiger partial charge in [-0.3, -0.25) is 4.68 Å². The van der Waals surface area contributed by atoms with Crippen molar-refractivity contribution in [2.75, 3.05) is 27.2 Å². The van der Waals surface area contributed by atoms with Crippen LogP contribution in [-0.2, 0) is 17.4 Å². The van der Waals surface area contributed by atoms with Crippen LogP contribution in [0.15, 0.2) is 30.5 Å². The van der Waals surface area contributed by atoms with Crippen molar-refractivity contribution in [1.82, 2.24) is 14.7 Å². The summed E-state index contributed by atoms with van der Waals surface area (Å²) in [6, 6.07) is 8.55. The molecule has 2 rings (SSSR count). The van der Waals surface area contributed by atoms with Gasteiger partial charge in [-0.05, 0) is 60.5 Å². The number of aromatic nitrogens is 2. The molecule has 2 aromatic rings. The molecule has 1 aromatic heterocycles. The fourth-order valence-electron chi connectivity index (χ4n) is 3.45. The van der Waals surface area contributed by atoms with Gasteiger partial charge in [0.2, 0.25) is 0 Å². The molecule has 0 bridgehead atoms. The Morgan fingerprint density at radius 3 is 2.34 bits per heavy atom. The first-order chi connectivity index (χ1) is 13.4. The Morgan fingerprint density at radius 2 is 1.79 bits per heavy atom. The maximum absolute atomic E-state index is 5.94. The lowest BCUT2D eigenvalue weighted by atomic mass is 9.81. The lowest BCUT2D eigenvalue weighted by Gasteiger charge is -2.26. The van der Waals surface area contributed by atoms with Gasteiger partial charge in [0.15, 0.2) is 0 Å². The summed E-state index contributed by atoms with van der Waals surface area (Å²) < 4.78 is 8.09. The third kappa shape index (κ3) is 6.60. The van der Waals surface area contributed by atoms with Gasteiger partial charge in [0, 0.05) is 19.3 Å². The van der Waals surface area contributed by atoms with E-state index in [1.165, 1.54) is 16.8 Å². The zero-order valence-electron chi connectivity index (χ0n) is 20.0. The van der Waals surface area contributed by atoms with Gasteiger partial charge in [0.25, 0.3) is 0 Å². The number of rotatable bonds is 9. The zero-order valence-corrected chi connectivity index (χ0v) is 20.0. The van der Waals surface area contributed by atoms with E-state index in [2.05, 4.69) is 96.5 Å². The molecule has 29 heavy (non-hydrogen) atoms. The van der Waals surface area contributed by atoms with Gasteiger partial charge in [0.1, 0.15) is 12.4 Å². The average Bonchev–Trinajstić information content (AvgIpc) is 3.05. The second-order valence-corrected chi connectivity index (χ2v) is 10.4. The first-order valence-corrected chi connectivity index (χ1v) is 10.9. The Morgan fingerprint density at radius 1 is 1.10 bits per heavy atom. The molecule has 0 spiro atoms. The molecular formula is C25H41N3O. The predicted octanol–water partition coefficient (Wildman–Crippen LogP) is 5.61. The fraction of sp³-hybridized carbons (Fsp3) is 0.640. The average molecular weight is 400 g/mol. The lowest BCUT2D eigenvalue weighted by Crippen LogP contribution is -2.21. The Hall–Kier alpha value is -1.81. The SMILES string of the molecule is CC(C)c1nn(CCC(C)(C)c2cccc(OCCN(C)C)c2)cc1C(C)(C)C. The van der Waals surface area contributed by atoms with Crippen LogP contribution in [0.1, 0.15) is 77.6 Å². The van der Waals surface area contributed by atoms with E-state index < -0.39 is 0 Å². The van der Waals surface area contributed by atoms with Gasteiger partial charge in [-0.25, -0.2) is 0 Å². The van der Waals surface area contributed by atoms with Crippen LogP contribution in [0.25, 0.3) is 0 Å². The summed E-state index contributed by atoms with van der Waals surface area (Å²) in [7, 11) is 4.13. The maximum atomic E-state index is 5.94. The number of aryl methyl sites for hydroxylation is 1. The Kier molecular flexibility index (Phi) is 7.56. The quantitative estimate of drug-likeness (QED) is 0.549. The number of nitrogens with zero attached hydrogens (tertiary/aromatic N) is 3. The largest absolute Gasteiger partial charge is 0.492 e. The van der Waals surface area contributed by atoms with E-state index in [0.29, 0.717) is 12.5 Å². The molecule has 0 aliphatic carbocycles. The highest BCUT2D eigenvalue weighted by Gasteiger charge is 2.25. The molecule has 0 amide bonds. The van der Waals surface area contributed by atoms with Crippen LogP contribution >= 0.6 is 0 Å². The minimum atomic E-state index is 0.0484. The summed E-state index contributed by atoms with van der Waals surface area (Å²) in [6.45, 7) is 18.4. The first-order valence-electron chi connectivity index (χ1n) is 10.9. The van der Waals surface area contributed by atoms with Crippen LogP contribution in [0.4, 0.5) is 0 Å². The molecule has 0 atom stereocenters. The highest BCUT2D eigenvalue weighted by molar-refractivity contribution is 5.33. The molecule has 0 saturated heterocycles. The minimum Gasteiger partial charge on any atom is -0.492 e. The van der Waals surface area contributed by atoms with Crippen molar-refractivity contribution in [2.24, 2.45) is 0 Å². The highest BCUT2D eigenvalue weighted by Crippen LogP contribution is 2.32. The molecule has 1 heterocycles. The zero-order chi connectivity index (χ0) is 21.8. The number of hydrogen-bond acceptors (Lipinski definition) is 3. The highest BCUT2D eigenvalue weighted by atomic mass is 16.5. The smallest absolute Gasteiger partial charge is 0.119 e. The standard InChI is InChI=1S/C25H41N3O/c1-19(2)23-22(24(3,4)5)18-28(26-23)14-13-25(6,7)20-11-10-12-21(17-20)29-16-15-27(8)9/h10-12,17-19H,13-16H2,1-9H3. The van der Waals surface area contributed by atoms with Crippen LogP contribution in [0, 0.1) is 0 Å².